The Morgan fingerprint density at radius 1 is 1.07 bits per heavy atom. The van der Waals surface area contributed by atoms with Crippen LogP contribution in [0.2, 0.25) is 10.0 Å². The summed E-state index contributed by atoms with van der Waals surface area (Å²) in [5.41, 5.74) is 0.800. The lowest BCUT2D eigenvalue weighted by atomic mass is 10.3. The Balaban J connectivity index is 1.51. The van der Waals surface area contributed by atoms with Gasteiger partial charge >= 0.3 is 0 Å². The van der Waals surface area contributed by atoms with Crippen molar-refractivity contribution in [3.8, 4) is 0 Å². The van der Waals surface area contributed by atoms with E-state index in [9.17, 15) is 13.2 Å². The van der Waals surface area contributed by atoms with Gasteiger partial charge in [0.25, 0.3) is 11.7 Å². The number of amides is 1. The topological polar surface area (TPSA) is 101 Å². The monoisotopic (exact) mass is 454 g/mol. The molecule has 0 saturated carbocycles. The summed E-state index contributed by atoms with van der Waals surface area (Å²) in [6.45, 7) is 2.45. The van der Waals surface area contributed by atoms with Gasteiger partial charge in [-0.3, -0.25) is 4.79 Å². The predicted molar refractivity (Wildman–Crippen MR) is 107 cm³/mol. The van der Waals surface area contributed by atoms with Crippen molar-refractivity contribution in [2.45, 2.75) is 11.8 Å². The molecule has 0 spiro atoms. The molecule has 1 fully saturated rings. The number of hydrogen-bond acceptors (Lipinski definition) is 6. The summed E-state index contributed by atoms with van der Waals surface area (Å²) in [5, 5.41) is 4.34. The van der Waals surface area contributed by atoms with Crippen molar-refractivity contribution in [2.24, 2.45) is 0 Å². The van der Waals surface area contributed by atoms with Crippen LogP contribution in [0.5, 0.6) is 0 Å². The lowest BCUT2D eigenvalue weighted by Gasteiger charge is -2.33. The van der Waals surface area contributed by atoms with E-state index >= 15 is 0 Å². The van der Waals surface area contributed by atoms with Crippen LogP contribution in [-0.4, -0.2) is 69.3 Å². The highest BCUT2D eigenvalue weighted by molar-refractivity contribution is 7.89. The van der Waals surface area contributed by atoms with Crippen molar-refractivity contribution >= 4 is 44.9 Å². The Kier molecular flexibility index (Phi) is 5.19. The molecule has 1 aliphatic heterocycles. The molecule has 0 aliphatic carbocycles. The maximum absolute atomic E-state index is 12.9. The first-order chi connectivity index (χ1) is 13.8. The molecule has 1 saturated heterocycles. The van der Waals surface area contributed by atoms with Crippen LogP contribution in [0.15, 0.2) is 35.4 Å². The molecule has 0 N–H and O–H groups in total. The Morgan fingerprint density at radius 3 is 2.34 bits per heavy atom. The molecular formula is C17H16Cl2N6O3S. The number of rotatable bonds is 3. The Labute approximate surface area is 176 Å². The van der Waals surface area contributed by atoms with E-state index in [2.05, 4.69) is 15.1 Å². The van der Waals surface area contributed by atoms with Gasteiger partial charge in [0.05, 0.1) is 10.0 Å². The first-order valence-corrected chi connectivity index (χ1v) is 10.9. The van der Waals surface area contributed by atoms with Gasteiger partial charge in [-0.25, -0.2) is 17.9 Å². The highest BCUT2D eigenvalue weighted by atomic mass is 35.5. The summed E-state index contributed by atoms with van der Waals surface area (Å²) in [6.07, 6.45) is 1.59. The molecule has 3 aromatic rings. The summed E-state index contributed by atoms with van der Waals surface area (Å²) in [5.74, 6) is -0.0112. The van der Waals surface area contributed by atoms with E-state index in [0.29, 0.717) is 5.78 Å². The third-order valence-electron chi connectivity index (χ3n) is 4.66. The SMILES string of the molecule is Cc1ccnc2nc(C(=O)N3CCN(S(=O)(=O)c4c(Cl)cccc4Cl)CC3)nn12. The average molecular weight is 455 g/mol. The fraction of sp³-hybridized carbons (Fsp3) is 0.294. The van der Waals surface area contributed by atoms with Gasteiger partial charge in [-0.15, -0.1) is 5.10 Å². The highest BCUT2D eigenvalue weighted by Crippen LogP contribution is 2.31. The number of sulfonamides is 1. The minimum absolute atomic E-state index is 0.0252. The summed E-state index contributed by atoms with van der Waals surface area (Å²) in [4.78, 5) is 22.4. The quantitative estimate of drug-likeness (QED) is 0.598. The number of hydrogen-bond donors (Lipinski definition) is 0. The fourth-order valence-electron chi connectivity index (χ4n) is 3.13. The fourth-order valence-corrected chi connectivity index (χ4v) is 5.64. The van der Waals surface area contributed by atoms with Crippen molar-refractivity contribution in [1.29, 1.82) is 0 Å². The number of aryl methyl sites for hydroxylation is 1. The van der Waals surface area contributed by atoms with E-state index in [0.717, 1.165) is 5.69 Å². The number of carbonyl (C=O) groups excluding carboxylic acids is 1. The van der Waals surface area contributed by atoms with Crippen LogP contribution in [-0.2, 0) is 10.0 Å². The third-order valence-corrected chi connectivity index (χ3v) is 7.52. The Morgan fingerprint density at radius 2 is 1.72 bits per heavy atom. The number of piperazine rings is 1. The second kappa shape index (κ2) is 7.52. The molecule has 3 heterocycles. The molecule has 4 rings (SSSR count). The van der Waals surface area contributed by atoms with Crippen LogP contribution in [0.1, 0.15) is 16.3 Å². The Hall–Kier alpha value is -2.27. The van der Waals surface area contributed by atoms with Crippen molar-refractivity contribution < 1.29 is 13.2 Å². The first-order valence-electron chi connectivity index (χ1n) is 8.71. The van der Waals surface area contributed by atoms with Gasteiger partial charge in [-0.05, 0) is 25.1 Å². The summed E-state index contributed by atoms with van der Waals surface area (Å²) in [7, 11) is -3.88. The number of benzene rings is 1. The number of fused-ring (bicyclic) bond motifs is 1. The highest BCUT2D eigenvalue weighted by Gasteiger charge is 2.34. The molecule has 2 aromatic heterocycles. The van der Waals surface area contributed by atoms with Gasteiger partial charge in [0.1, 0.15) is 4.90 Å². The molecule has 0 atom stereocenters. The zero-order chi connectivity index (χ0) is 20.8. The van der Waals surface area contributed by atoms with Crippen molar-refractivity contribution in [1.82, 2.24) is 28.8 Å². The minimum Gasteiger partial charge on any atom is -0.333 e. The largest absolute Gasteiger partial charge is 0.333 e. The van der Waals surface area contributed by atoms with Crippen LogP contribution >= 0.6 is 23.2 Å². The normalized spacial score (nSPS) is 15.8. The van der Waals surface area contributed by atoms with E-state index in [-0.39, 0.29) is 52.9 Å². The van der Waals surface area contributed by atoms with Crippen LogP contribution < -0.4 is 0 Å². The molecular weight excluding hydrogens is 439 g/mol. The minimum atomic E-state index is -3.88. The van der Waals surface area contributed by atoms with E-state index in [1.165, 1.54) is 25.9 Å². The van der Waals surface area contributed by atoms with E-state index in [4.69, 9.17) is 23.2 Å². The Bertz CT molecular complexity index is 1180. The molecule has 1 aliphatic rings. The lowest BCUT2D eigenvalue weighted by Crippen LogP contribution is -2.50. The number of nitrogens with zero attached hydrogens (tertiary/aromatic N) is 6. The second-order valence-corrected chi connectivity index (χ2v) is 9.17. The van der Waals surface area contributed by atoms with Crippen LogP contribution in [0, 0.1) is 6.92 Å². The molecule has 152 valence electrons. The van der Waals surface area contributed by atoms with Gasteiger partial charge in [0.15, 0.2) is 0 Å². The number of carbonyl (C=O) groups is 1. The van der Waals surface area contributed by atoms with E-state index < -0.39 is 10.0 Å². The molecule has 1 amide bonds. The maximum Gasteiger partial charge on any atom is 0.293 e. The summed E-state index contributed by atoms with van der Waals surface area (Å²) in [6, 6.07) is 6.30. The lowest BCUT2D eigenvalue weighted by molar-refractivity contribution is 0.0686. The first kappa shape index (κ1) is 20.0. The van der Waals surface area contributed by atoms with E-state index in [1.807, 2.05) is 6.92 Å². The zero-order valence-electron chi connectivity index (χ0n) is 15.3. The molecule has 12 heteroatoms. The maximum atomic E-state index is 12.9. The van der Waals surface area contributed by atoms with E-state index in [1.54, 1.807) is 18.3 Å². The van der Waals surface area contributed by atoms with Crippen LogP contribution in [0.3, 0.4) is 0 Å². The average Bonchev–Trinajstić information content (AvgIpc) is 3.13. The van der Waals surface area contributed by atoms with Crippen molar-refractivity contribution in [2.75, 3.05) is 26.2 Å². The van der Waals surface area contributed by atoms with Gasteiger partial charge in [0, 0.05) is 38.1 Å². The molecule has 1 aromatic carbocycles. The standard InChI is InChI=1S/C17H16Cl2N6O3S/c1-11-5-6-20-17-21-15(22-25(11)17)16(26)23-7-9-24(10-8-23)29(27,28)14-12(18)3-2-4-13(14)19/h2-6H,7-10H2,1H3. The molecule has 9 nitrogen and oxygen atoms in total. The number of halogens is 2. The molecule has 0 radical (unpaired) electrons. The van der Waals surface area contributed by atoms with Gasteiger partial charge in [-0.2, -0.15) is 9.29 Å². The summed E-state index contributed by atoms with van der Waals surface area (Å²) >= 11 is 12.1. The third kappa shape index (κ3) is 3.57. The van der Waals surface area contributed by atoms with Gasteiger partial charge in [0.2, 0.25) is 15.8 Å². The summed E-state index contributed by atoms with van der Waals surface area (Å²) < 4.78 is 28.7. The van der Waals surface area contributed by atoms with Crippen molar-refractivity contribution in [3.05, 3.63) is 52.0 Å². The zero-order valence-corrected chi connectivity index (χ0v) is 17.6. The smallest absolute Gasteiger partial charge is 0.293 e. The van der Waals surface area contributed by atoms with Crippen LogP contribution in [0.25, 0.3) is 5.78 Å². The molecule has 29 heavy (non-hydrogen) atoms. The predicted octanol–water partition coefficient (Wildman–Crippen LogP) is 1.89. The van der Waals surface area contributed by atoms with Crippen molar-refractivity contribution in [3.63, 3.8) is 0 Å². The second-order valence-electron chi connectivity index (χ2n) is 6.48. The van der Waals surface area contributed by atoms with Gasteiger partial charge < -0.3 is 4.90 Å². The number of aromatic nitrogens is 4. The molecule has 0 unspecified atom stereocenters. The molecule has 0 bridgehead atoms. The van der Waals surface area contributed by atoms with Gasteiger partial charge in [-0.1, -0.05) is 29.3 Å². The van der Waals surface area contributed by atoms with Crippen LogP contribution in [0.4, 0.5) is 0 Å².